The number of pyridine rings is 1. The Labute approximate surface area is 183 Å². The van der Waals surface area contributed by atoms with Crippen molar-refractivity contribution in [1.82, 2.24) is 15.0 Å². The molecule has 0 aromatic carbocycles. The molecule has 1 atom stereocenters. The predicted octanol–water partition coefficient (Wildman–Crippen LogP) is 5.10. The second kappa shape index (κ2) is 9.49. The molecule has 6 nitrogen and oxygen atoms in total. The average molecular weight is 449 g/mol. The Hall–Kier alpha value is -2.58. The molecule has 3 rings (SSSR count). The molecule has 9 heteroatoms. The highest BCUT2D eigenvalue weighted by Gasteiger charge is 2.36. The Morgan fingerprint density at radius 1 is 1.30 bits per heavy atom. The van der Waals surface area contributed by atoms with Crippen LogP contribution in [-0.2, 0) is 14.9 Å². The Balaban J connectivity index is 2.00. The van der Waals surface area contributed by atoms with Crippen LogP contribution in [0.1, 0.15) is 32.9 Å². The maximum absolute atomic E-state index is 15.3. The summed E-state index contributed by atoms with van der Waals surface area (Å²) >= 11 is 7.43. The molecule has 0 amide bonds. The fourth-order valence-corrected chi connectivity index (χ4v) is 3.93. The number of carbonyl (C=O) groups excluding carboxylic acids is 1. The maximum atomic E-state index is 15.3. The largest absolute Gasteiger partial charge is 0.466 e. The van der Waals surface area contributed by atoms with Crippen LogP contribution in [0.15, 0.2) is 41.9 Å². The number of halogens is 2. The van der Waals surface area contributed by atoms with Crippen LogP contribution in [0.25, 0.3) is 10.6 Å². The molecule has 158 valence electrons. The van der Waals surface area contributed by atoms with E-state index in [2.05, 4.69) is 20.3 Å². The Morgan fingerprint density at radius 2 is 2.10 bits per heavy atom. The normalized spacial score (nSPS) is 12.4. The van der Waals surface area contributed by atoms with Crippen molar-refractivity contribution in [3.05, 3.63) is 58.7 Å². The lowest BCUT2D eigenvalue weighted by atomic mass is 9.79. The van der Waals surface area contributed by atoms with E-state index in [1.165, 1.54) is 11.3 Å². The van der Waals surface area contributed by atoms with Crippen molar-refractivity contribution in [3.63, 3.8) is 0 Å². The first-order valence-corrected chi connectivity index (χ1v) is 10.7. The molecule has 30 heavy (non-hydrogen) atoms. The van der Waals surface area contributed by atoms with E-state index in [1.54, 1.807) is 25.3 Å². The zero-order valence-corrected chi connectivity index (χ0v) is 18.4. The van der Waals surface area contributed by atoms with Crippen LogP contribution in [0.5, 0.6) is 0 Å². The topological polar surface area (TPSA) is 77.0 Å². The monoisotopic (exact) mass is 448 g/mol. The van der Waals surface area contributed by atoms with Gasteiger partial charge in [-0.25, -0.2) is 9.37 Å². The average Bonchev–Trinajstić information content (AvgIpc) is 3.25. The number of nitrogens with one attached hydrogen (secondary N) is 1. The van der Waals surface area contributed by atoms with Gasteiger partial charge in [0.15, 0.2) is 11.6 Å². The third-order valence-corrected chi connectivity index (χ3v) is 5.81. The van der Waals surface area contributed by atoms with E-state index in [1.807, 2.05) is 37.4 Å². The molecule has 3 heterocycles. The predicted molar refractivity (Wildman–Crippen MR) is 116 cm³/mol. The van der Waals surface area contributed by atoms with Gasteiger partial charge in [-0.15, -0.1) is 11.3 Å². The fourth-order valence-electron chi connectivity index (χ4n) is 3.05. The highest BCUT2D eigenvalue weighted by atomic mass is 35.5. The van der Waals surface area contributed by atoms with Gasteiger partial charge in [0.1, 0.15) is 5.69 Å². The van der Waals surface area contributed by atoms with Crippen molar-refractivity contribution < 1.29 is 13.9 Å². The Kier molecular flexibility index (Phi) is 6.99. The van der Waals surface area contributed by atoms with Gasteiger partial charge in [-0.05, 0) is 42.1 Å². The van der Waals surface area contributed by atoms with Gasteiger partial charge in [-0.2, -0.15) is 4.98 Å². The van der Waals surface area contributed by atoms with Gasteiger partial charge < -0.3 is 10.1 Å². The first kappa shape index (κ1) is 22.1. The lowest BCUT2D eigenvalue weighted by molar-refractivity contribution is -0.143. The Morgan fingerprint density at radius 3 is 2.73 bits per heavy atom. The van der Waals surface area contributed by atoms with E-state index >= 15 is 4.39 Å². The quantitative estimate of drug-likeness (QED) is 0.381. The van der Waals surface area contributed by atoms with Gasteiger partial charge in [-0.3, -0.25) is 9.78 Å². The number of rotatable bonds is 8. The number of carbonyl (C=O) groups is 1. The van der Waals surface area contributed by atoms with E-state index < -0.39 is 23.2 Å². The summed E-state index contributed by atoms with van der Waals surface area (Å²) in [5.41, 5.74) is 0.199. The molecule has 0 bridgehead atoms. The van der Waals surface area contributed by atoms with Crippen molar-refractivity contribution >= 4 is 34.7 Å². The molecule has 0 spiro atoms. The smallest absolute Gasteiger partial charge is 0.307 e. The molecule has 3 aromatic rings. The summed E-state index contributed by atoms with van der Waals surface area (Å²) in [6.45, 7) is 5.84. The zero-order valence-electron chi connectivity index (χ0n) is 16.9. The summed E-state index contributed by atoms with van der Waals surface area (Å²) in [4.78, 5) is 25.4. The molecule has 1 unspecified atom stereocenters. The molecule has 0 radical (unpaired) electrons. The number of hydrogen-bond donors (Lipinski definition) is 1. The number of anilines is 1. The SMILES string of the molecule is CCOC(=O)CC(Nc1nc(Cl)nc(-c2cccs2)c1F)C(C)(C)c1ccccn1. The summed E-state index contributed by atoms with van der Waals surface area (Å²) in [5.74, 6) is -1.11. The third-order valence-electron chi connectivity index (χ3n) is 4.76. The van der Waals surface area contributed by atoms with E-state index in [0.717, 1.165) is 5.69 Å². The van der Waals surface area contributed by atoms with Crippen molar-refractivity contribution in [1.29, 1.82) is 0 Å². The minimum Gasteiger partial charge on any atom is -0.466 e. The summed E-state index contributed by atoms with van der Waals surface area (Å²) in [7, 11) is 0. The van der Waals surface area contributed by atoms with Gasteiger partial charge >= 0.3 is 5.97 Å². The van der Waals surface area contributed by atoms with Gasteiger partial charge in [0.2, 0.25) is 5.28 Å². The first-order chi connectivity index (χ1) is 14.3. The molecule has 0 aliphatic rings. The lowest BCUT2D eigenvalue weighted by Crippen LogP contribution is -2.42. The first-order valence-electron chi connectivity index (χ1n) is 9.43. The van der Waals surface area contributed by atoms with E-state index in [4.69, 9.17) is 16.3 Å². The standard InChI is InChI=1S/C21H22ClFN4O2S/c1-4-29-16(28)12-15(21(2,3)14-9-5-6-10-24-14)25-19-17(23)18(26-20(22)27-19)13-8-7-11-30-13/h5-11,15H,4,12H2,1-3H3,(H,25,26,27). The lowest BCUT2D eigenvalue weighted by Gasteiger charge is -2.34. The summed E-state index contributed by atoms with van der Waals surface area (Å²) < 4.78 is 20.4. The number of ether oxygens (including phenoxy) is 1. The van der Waals surface area contributed by atoms with Crippen molar-refractivity contribution in [2.75, 3.05) is 11.9 Å². The van der Waals surface area contributed by atoms with Crippen LogP contribution in [-0.4, -0.2) is 33.6 Å². The molecule has 3 aromatic heterocycles. The highest BCUT2D eigenvalue weighted by molar-refractivity contribution is 7.13. The second-order valence-corrected chi connectivity index (χ2v) is 8.41. The van der Waals surface area contributed by atoms with Crippen LogP contribution in [0.4, 0.5) is 10.2 Å². The van der Waals surface area contributed by atoms with E-state index in [0.29, 0.717) is 4.88 Å². The molecular formula is C21H22ClFN4O2S. The van der Waals surface area contributed by atoms with Crippen LogP contribution in [0.3, 0.4) is 0 Å². The number of esters is 1. The minimum atomic E-state index is -0.652. The Bertz CT molecular complexity index is 1000. The van der Waals surface area contributed by atoms with Gasteiger partial charge in [0.25, 0.3) is 0 Å². The summed E-state index contributed by atoms with van der Waals surface area (Å²) in [5, 5.41) is 4.81. The maximum Gasteiger partial charge on any atom is 0.307 e. The van der Waals surface area contributed by atoms with Gasteiger partial charge in [-0.1, -0.05) is 26.0 Å². The molecule has 0 saturated heterocycles. The molecule has 0 aliphatic carbocycles. The van der Waals surface area contributed by atoms with Gasteiger partial charge in [0.05, 0.1) is 17.9 Å². The number of nitrogens with zero attached hydrogens (tertiary/aromatic N) is 3. The van der Waals surface area contributed by atoms with Crippen LogP contribution in [0, 0.1) is 5.82 Å². The van der Waals surface area contributed by atoms with Crippen molar-refractivity contribution in [3.8, 4) is 10.6 Å². The van der Waals surface area contributed by atoms with E-state index in [-0.39, 0.29) is 29.8 Å². The molecule has 0 fully saturated rings. The summed E-state index contributed by atoms with van der Waals surface area (Å²) in [6, 6.07) is 8.52. The molecule has 0 aliphatic heterocycles. The third kappa shape index (κ3) is 4.94. The summed E-state index contributed by atoms with van der Waals surface area (Å²) in [6.07, 6.45) is 1.67. The minimum absolute atomic E-state index is 0.00713. The van der Waals surface area contributed by atoms with E-state index in [9.17, 15) is 4.79 Å². The molecular weight excluding hydrogens is 427 g/mol. The van der Waals surface area contributed by atoms with Gasteiger partial charge in [0, 0.05) is 23.3 Å². The number of thiophene rings is 1. The zero-order chi connectivity index (χ0) is 21.7. The highest BCUT2D eigenvalue weighted by Crippen LogP contribution is 2.33. The van der Waals surface area contributed by atoms with Crippen LogP contribution >= 0.6 is 22.9 Å². The number of aromatic nitrogens is 3. The fraction of sp³-hybridized carbons (Fsp3) is 0.333. The van der Waals surface area contributed by atoms with Crippen LogP contribution in [0.2, 0.25) is 5.28 Å². The molecule has 1 N–H and O–H groups in total. The van der Waals surface area contributed by atoms with Crippen LogP contribution < -0.4 is 5.32 Å². The second-order valence-electron chi connectivity index (χ2n) is 7.12. The molecule has 0 saturated carbocycles. The van der Waals surface area contributed by atoms with Crippen molar-refractivity contribution in [2.24, 2.45) is 0 Å². The number of hydrogen-bond acceptors (Lipinski definition) is 7. The van der Waals surface area contributed by atoms with Crippen molar-refractivity contribution in [2.45, 2.75) is 38.6 Å².